The number of fused-ring (bicyclic) bond motifs is 4. The van der Waals surface area contributed by atoms with E-state index in [1.165, 1.54) is 25.7 Å². The van der Waals surface area contributed by atoms with Crippen molar-refractivity contribution in [2.45, 2.75) is 0 Å². The van der Waals surface area contributed by atoms with Crippen LogP contribution in [-0.2, 0) is 0 Å². The molecule has 0 aliphatic rings. The van der Waals surface area contributed by atoms with Gasteiger partial charge in [-0.3, -0.25) is 0 Å². The topological polar surface area (TPSA) is 26.0 Å². The van der Waals surface area contributed by atoms with Crippen LogP contribution in [0.4, 0.5) is 0 Å². The van der Waals surface area contributed by atoms with Gasteiger partial charge in [-0.1, -0.05) is 48.0 Å². The van der Waals surface area contributed by atoms with Crippen LogP contribution in [0.1, 0.15) is 0 Å². The fourth-order valence-corrected chi connectivity index (χ4v) is 5.14. The average molecular weight is 412 g/mol. The maximum atomic E-state index is 6.30. The van der Waals surface area contributed by atoms with Gasteiger partial charge in [0.15, 0.2) is 5.58 Å². The minimum absolute atomic E-state index is 0.637. The summed E-state index contributed by atoms with van der Waals surface area (Å²) < 4.78 is 8.48. The summed E-state index contributed by atoms with van der Waals surface area (Å²) in [6.45, 7) is 0. The van der Waals surface area contributed by atoms with E-state index in [9.17, 15) is 0 Å². The van der Waals surface area contributed by atoms with Crippen LogP contribution in [0.25, 0.3) is 53.9 Å². The number of hydrogen-bond acceptors (Lipinski definition) is 3. The second-order valence-corrected chi connectivity index (χ2v) is 8.51. The van der Waals surface area contributed by atoms with Crippen molar-refractivity contribution >= 4 is 54.2 Å². The van der Waals surface area contributed by atoms with Crippen molar-refractivity contribution in [1.29, 1.82) is 0 Å². The van der Waals surface area contributed by atoms with Gasteiger partial charge < -0.3 is 4.42 Å². The number of thiophene rings is 1. The lowest BCUT2D eigenvalue weighted by atomic mass is 9.98. The molecule has 4 aromatic carbocycles. The van der Waals surface area contributed by atoms with Crippen molar-refractivity contribution in [2.24, 2.45) is 0 Å². The average Bonchev–Trinajstić information content (AvgIpc) is 3.35. The van der Waals surface area contributed by atoms with E-state index < -0.39 is 0 Å². The molecule has 6 rings (SSSR count). The van der Waals surface area contributed by atoms with Gasteiger partial charge in [0, 0.05) is 30.8 Å². The van der Waals surface area contributed by atoms with E-state index in [1.54, 1.807) is 11.3 Å². The highest BCUT2D eigenvalue weighted by Crippen LogP contribution is 2.41. The van der Waals surface area contributed by atoms with Crippen LogP contribution in [0, 0.1) is 0 Å². The quantitative estimate of drug-likeness (QED) is 0.287. The number of nitrogens with zero attached hydrogens (tertiary/aromatic N) is 1. The Balaban J connectivity index is 1.57. The third-order valence-corrected chi connectivity index (χ3v) is 6.54. The highest BCUT2D eigenvalue weighted by atomic mass is 35.5. The maximum Gasteiger partial charge on any atom is 0.227 e. The molecule has 4 heteroatoms. The molecule has 0 bridgehead atoms. The molecule has 0 amide bonds. The minimum Gasteiger partial charge on any atom is -0.436 e. The van der Waals surface area contributed by atoms with Gasteiger partial charge in [-0.15, -0.1) is 11.3 Å². The molecule has 29 heavy (non-hydrogen) atoms. The molecule has 138 valence electrons. The molecule has 2 heterocycles. The Morgan fingerprint density at radius 1 is 0.759 bits per heavy atom. The standard InChI is InChI=1S/C25H14ClNOS/c26-17-11-12-22-19(14-17)24-18(7-4-10-23(24)29-22)15-5-3-6-16(13-15)25-27-20-8-1-2-9-21(20)28-25/h1-14H. The lowest BCUT2D eigenvalue weighted by Gasteiger charge is -2.06. The predicted molar refractivity (Wildman–Crippen MR) is 123 cm³/mol. The van der Waals surface area contributed by atoms with Crippen molar-refractivity contribution in [3.8, 4) is 22.6 Å². The van der Waals surface area contributed by atoms with Crippen LogP contribution in [0.3, 0.4) is 0 Å². The Morgan fingerprint density at radius 2 is 1.62 bits per heavy atom. The van der Waals surface area contributed by atoms with Crippen LogP contribution in [0.5, 0.6) is 0 Å². The van der Waals surface area contributed by atoms with Crippen molar-refractivity contribution in [3.05, 3.63) is 90.0 Å². The Labute approximate surface area is 176 Å². The molecule has 0 fully saturated rings. The maximum absolute atomic E-state index is 6.30. The molecule has 0 N–H and O–H groups in total. The molecule has 0 saturated heterocycles. The lowest BCUT2D eigenvalue weighted by molar-refractivity contribution is 0.620. The van der Waals surface area contributed by atoms with E-state index >= 15 is 0 Å². The van der Waals surface area contributed by atoms with Gasteiger partial charge in [0.25, 0.3) is 0 Å². The van der Waals surface area contributed by atoms with E-state index in [2.05, 4.69) is 53.5 Å². The second-order valence-electron chi connectivity index (χ2n) is 6.99. The normalized spacial score (nSPS) is 11.6. The van der Waals surface area contributed by atoms with E-state index in [1.807, 2.05) is 36.4 Å². The Morgan fingerprint density at radius 3 is 2.55 bits per heavy atom. The van der Waals surface area contributed by atoms with Gasteiger partial charge in [-0.05, 0) is 59.7 Å². The van der Waals surface area contributed by atoms with E-state index in [-0.39, 0.29) is 0 Å². The Kier molecular flexibility index (Phi) is 3.73. The molecule has 0 aliphatic carbocycles. The zero-order valence-corrected chi connectivity index (χ0v) is 16.8. The van der Waals surface area contributed by atoms with Crippen LogP contribution in [0.15, 0.2) is 89.3 Å². The number of aromatic nitrogens is 1. The summed E-state index contributed by atoms with van der Waals surface area (Å²) in [4.78, 5) is 4.65. The summed E-state index contributed by atoms with van der Waals surface area (Å²) in [5.74, 6) is 0.637. The van der Waals surface area contributed by atoms with E-state index in [4.69, 9.17) is 16.0 Å². The Bertz CT molecular complexity index is 1500. The van der Waals surface area contributed by atoms with Crippen molar-refractivity contribution in [2.75, 3.05) is 0 Å². The summed E-state index contributed by atoms with van der Waals surface area (Å²) >= 11 is 8.10. The number of rotatable bonds is 2. The molecule has 0 radical (unpaired) electrons. The lowest BCUT2D eigenvalue weighted by Crippen LogP contribution is -1.82. The van der Waals surface area contributed by atoms with E-state index in [0.29, 0.717) is 5.89 Å². The van der Waals surface area contributed by atoms with Crippen molar-refractivity contribution in [1.82, 2.24) is 4.98 Å². The zero-order valence-electron chi connectivity index (χ0n) is 15.2. The molecular weight excluding hydrogens is 398 g/mol. The molecule has 0 aliphatic heterocycles. The van der Waals surface area contributed by atoms with E-state index in [0.717, 1.165) is 27.2 Å². The van der Waals surface area contributed by atoms with Crippen molar-refractivity contribution < 1.29 is 4.42 Å². The van der Waals surface area contributed by atoms with Crippen LogP contribution >= 0.6 is 22.9 Å². The molecule has 0 saturated carbocycles. The van der Waals surface area contributed by atoms with Crippen LogP contribution in [0.2, 0.25) is 5.02 Å². The number of para-hydroxylation sites is 2. The summed E-state index contributed by atoms with van der Waals surface area (Å²) in [7, 11) is 0. The van der Waals surface area contributed by atoms with Gasteiger partial charge in [0.05, 0.1) is 0 Å². The first kappa shape index (κ1) is 16.8. The minimum atomic E-state index is 0.637. The third kappa shape index (κ3) is 2.74. The van der Waals surface area contributed by atoms with Gasteiger partial charge in [-0.2, -0.15) is 0 Å². The number of hydrogen-bond donors (Lipinski definition) is 0. The first-order valence-corrected chi connectivity index (χ1v) is 10.5. The number of oxazole rings is 1. The number of benzene rings is 4. The monoisotopic (exact) mass is 411 g/mol. The summed E-state index contributed by atoms with van der Waals surface area (Å²) in [5, 5.41) is 3.19. The van der Waals surface area contributed by atoms with Crippen LogP contribution in [-0.4, -0.2) is 4.98 Å². The SMILES string of the molecule is Clc1ccc2sc3cccc(-c4cccc(-c5nc6ccccc6o5)c4)c3c2c1. The van der Waals surface area contributed by atoms with Gasteiger partial charge in [0.1, 0.15) is 5.52 Å². The van der Waals surface area contributed by atoms with Gasteiger partial charge >= 0.3 is 0 Å². The fraction of sp³-hybridized carbons (Fsp3) is 0. The first-order valence-electron chi connectivity index (χ1n) is 9.33. The fourth-order valence-electron chi connectivity index (χ4n) is 3.86. The summed E-state index contributed by atoms with van der Waals surface area (Å²) in [5.41, 5.74) is 4.96. The summed E-state index contributed by atoms with van der Waals surface area (Å²) in [6.07, 6.45) is 0. The Hall–Kier alpha value is -3.14. The molecule has 6 aromatic rings. The zero-order chi connectivity index (χ0) is 19.4. The van der Waals surface area contributed by atoms with Crippen LogP contribution < -0.4 is 0 Å². The molecule has 0 spiro atoms. The second kappa shape index (κ2) is 6.45. The predicted octanol–water partition coefficient (Wildman–Crippen LogP) is 8.18. The van der Waals surface area contributed by atoms with Gasteiger partial charge in [0.2, 0.25) is 5.89 Å². The summed E-state index contributed by atoms with van der Waals surface area (Å²) in [6, 6.07) is 28.8. The molecule has 2 nitrogen and oxygen atoms in total. The molecule has 0 unspecified atom stereocenters. The largest absolute Gasteiger partial charge is 0.436 e. The molecule has 2 aromatic heterocycles. The highest BCUT2D eigenvalue weighted by Gasteiger charge is 2.13. The highest BCUT2D eigenvalue weighted by molar-refractivity contribution is 7.26. The molecular formula is C25H14ClNOS. The number of halogens is 1. The van der Waals surface area contributed by atoms with Crippen molar-refractivity contribution in [3.63, 3.8) is 0 Å². The third-order valence-electron chi connectivity index (χ3n) is 5.17. The smallest absolute Gasteiger partial charge is 0.227 e. The molecule has 0 atom stereocenters. The van der Waals surface area contributed by atoms with Gasteiger partial charge in [-0.25, -0.2) is 4.98 Å². The first-order chi connectivity index (χ1) is 14.3.